The highest BCUT2D eigenvalue weighted by Crippen LogP contribution is 2.52. The number of hydrogen-bond donors (Lipinski definition) is 2. The summed E-state index contributed by atoms with van der Waals surface area (Å²) in [6.07, 6.45) is 5.21. The van der Waals surface area contributed by atoms with Gasteiger partial charge < -0.3 is 15.5 Å². The molecule has 4 atom stereocenters. The topological polar surface area (TPSA) is 77.0 Å². The lowest BCUT2D eigenvalue weighted by molar-refractivity contribution is -0.140. The van der Waals surface area contributed by atoms with E-state index in [0.29, 0.717) is 25.6 Å². The van der Waals surface area contributed by atoms with Crippen LogP contribution < -0.4 is 15.5 Å². The molecule has 0 radical (unpaired) electrons. The second-order valence-electron chi connectivity index (χ2n) is 8.71. The Bertz CT molecular complexity index is 883. The van der Waals surface area contributed by atoms with Crippen molar-refractivity contribution < 1.29 is 9.59 Å². The quantitative estimate of drug-likeness (QED) is 0.191. The number of carbonyl (C=O) groups excluding carboxylic acids is 2. The van der Waals surface area contributed by atoms with E-state index in [-0.39, 0.29) is 59.5 Å². The van der Waals surface area contributed by atoms with Crippen LogP contribution in [0.25, 0.3) is 0 Å². The number of benzene rings is 1. The predicted molar refractivity (Wildman–Crippen MR) is 134 cm³/mol. The van der Waals surface area contributed by atoms with Gasteiger partial charge in [0, 0.05) is 46.5 Å². The van der Waals surface area contributed by atoms with Crippen molar-refractivity contribution in [2.75, 3.05) is 39.1 Å². The number of nitrogens with one attached hydrogen (secondary N) is 2. The summed E-state index contributed by atoms with van der Waals surface area (Å²) in [6.45, 7) is 3.57. The van der Waals surface area contributed by atoms with Gasteiger partial charge in [-0.05, 0) is 42.4 Å². The van der Waals surface area contributed by atoms with Crippen molar-refractivity contribution in [2.24, 2.45) is 28.7 Å². The Balaban J connectivity index is 0.00000272. The number of aryl methyl sites for hydroxylation is 1. The number of amides is 2. The molecule has 2 aliphatic carbocycles. The fourth-order valence-electron chi connectivity index (χ4n) is 5.11. The summed E-state index contributed by atoms with van der Waals surface area (Å²) in [7, 11) is 5.79. The first-order valence-corrected chi connectivity index (χ1v) is 10.7. The highest BCUT2D eigenvalue weighted by atomic mass is 127. The van der Waals surface area contributed by atoms with Gasteiger partial charge in [-0.25, -0.2) is 0 Å². The summed E-state index contributed by atoms with van der Waals surface area (Å²) in [5, 5.41) is 6.56. The van der Waals surface area contributed by atoms with Crippen molar-refractivity contribution in [1.29, 1.82) is 0 Å². The van der Waals surface area contributed by atoms with Crippen molar-refractivity contribution >= 4 is 47.4 Å². The molecule has 1 saturated heterocycles. The lowest BCUT2D eigenvalue weighted by atomic mass is 9.85. The van der Waals surface area contributed by atoms with E-state index in [0.717, 1.165) is 6.42 Å². The highest BCUT2D eigenvalue weighted by Gasteiger charge is 2.58. The van der Waals surface area contributed by atoms with Crippen LogP contribution in [0, 0.1) is 30.6 Å². The Morgan fingerprint density at radius 3 is 2.35 bits per heavy atom. The fourth-order valence-corrected chi connectivity index (χ4v) is 5.11. The zero-order valence-corrected chi connectivity index (χ0v) is 20.9. The van der Waals surface area contributed by atoms with Crippen LogP contribution in [0.5, 0.6) is 0 Å². The third-order valence-corrected chi connectivity index (χ3v) is 6.58. The average Bonchev–Trinajstić information content (AvgIpc) is 3.40. The van der Waals surface area contributed by atoms with Crippen molar-refractivity contribution in [2.45, 2.75) is 19.9 Å². The lowest BCUT2D eigenvalue weighted by Crippen LogP contribution is -2.43. The molecular weight excluding hydrogens is 505 g/mol. The van der Waals surface area contributed by atoms with Crippen LogP contribution in [0.4, 0.5) is 5.69 Å². The number of halogens is 1. The minimum absolute atomic E-state index is 0. The molecule has 2 N–H and O–H groups in total. The number of aliphatic imine (C=N–C) groups is 1. The number of anilines is 1. The van der Waals surface area contributed by atoms with Gasteiger partial charge in [-0.1, -0.05) is 24.3 Å². The largest absolute Gasteiger partial charge is 0.377 e. The van der Waals surface area contributed by atoms with E-state index in [1.54, 1.807) is 7.05 Å². The molecule has 2 amide bonds. The van der Waals surface area contributed by atoms with Crippen molar-refractivity contribution in [3.8, 4) is 0 Å². The maximum Gasteiger partial charge on any atom is 0.233 e. The zero-order valence-electron chi connectivity index (χ0n) is 18.6. The third-order valence-electron chi connectivity index (χ3n) is 6.58. The number of nitrogens with zero attached hydrogens (tertiary/aromatic N) is 3. The number of hydrogen-bond acceptors (Lipinski definition) is 4. The van der Waals surface area contributed by atoms with E-state index in [2.05, 4.69) is 57.8 Å². The number of carbonyl (C=O) groups is 2. The number of allylic oxidation sites excluding steroid dienone is 2. The summed E-state index contributed by atoms with van der Waals surface area (Å²) < 4.78 is 0. The molecule has 3 aliphatic rings. The number of likely N-dealkylation sites (tertiary alicyclic amines) is 1. The van der Waals surface area contributed by atoms with Crippen LogP contribution >= 0.6 is 24.0 Å². The molecule has 2 fully saturated rings. The van der Waals surface area contributed by atoms with Crippen LogP contribution in [-0.4, -0.2) is 56.9 Å². The van der Waals surface area contributed by atoms with E-state index in [1.807, 2.05) is 14.1 Å². The first-order valence-electron chi connectivity index (χ1n) is 10.7. The molecule has 1 heterocycles. The summed E-state index contributed by atoms with van der Waals surface area (Å²) in [5.74, 6) is 0.908. The van der Waals surface area contributed by atoms with Crippen LogP contribution in [0.3, 0.4) is 0 Å². The van der Waals surface area contributed by atoms with Gasteiger partial charge in [0.25, 0.3) is 0 Å². The molecule has 0 aromatic heterocycles. The zero-order chi connectivity index (χ0) is 21.4. The molecular formula is C23H32IN5O2. The molecule has 1 aromatic rings. The normalized spacial score (nSPS) is 26.2. The molecule has 8 heteroatoms. The maximum absolute atomic E-state index is 12.8. The SMILES string of the molecule is CN=C(NCCN1C(=O)C2C3C=CC(C3)C2C1=O)NCc1ccc(C)cc1N(C)C.I. The first kappa shape index (κ1) is 23.6. The van der Waals surface area contributed by atoms with Crippen LogP contribution in [0.15, 0.2) is 35.3 Å². The van der Waals surface area contributed by atoms with Crippen molar-refractivity contribution in [3.63, 3.8) is 0 Å². The van der Waals surface area contributed by atoms with Gasteiger partial charge in [-0.15, -0.1) is 24.0 Å². The highest BCUT2D eigenvalue weighted by molar-refractivity contribution is 14.0. The van der Waals surface area contributed by atoms with E-state index in [1.165, 1.54) is 21.7 Å². The molecule has 31 heavy (non-hydrogen) atoms. The second kappa shape index (κ2) is 9.58. The van der Waals surface area contributed by atoms with E-state index in [9.17, 15) is 9.59 Å². The molecule has 0 spiro atoms. The molecule has 4 unspecified atom stereocenters. The molecule has 1 saturated carbocycles. The molecule has 2 bridgehead atoms. The van der Waals surface area contributed by atoms with Gasteiger partial charge in [-0.2, -0.15) is 0 Å². The third kappa shape index (κ3) is 4.44. The number of guanidine groups is 1. The van der Waals surface area contributed by atoms with Gasteiger partial charge in [0.2, 0.25) is 11.8 Å². The maximum atomic E-state index is 12.8. The average molecular weight is 537 g/mol. The van der Waals surface area contributed by atoms with Crippen LogP contribution in [0.2, 0.25) is 0 Å². The summed E-state index contributed by atoms with van der Waals surface area (Å²) in [6, 6.07) is 6.38. The van der Waals surface area contributed by atoms with Gasteiger partial charge in [0.1, 0.15) is 0 Å². The van der Waals surface area contributed by atoms with Crippen LogP contribution in [-0.2, 0) is 16.1 Å². The predicted octanol–water partition coefficient (Wildman–Crippen LogP) is 2.15. The van der Waals surface area contributed by atoms with E-state index < -0.39 is 0 Å². The van der Waals surface area contributed by atoms with Gasteiger partial charge in [0.05, 0.1) is 11.8 Å². The monoisotopic (exact) mass is 537 g/mol. The lowest BCUT2D eigenvalue weighted by Gasteiger charge is -2.20. The smallest absolute Gasteiger partial charge is 0.233 e. The van der Waals surface area contributed by atoms with Crippen molar-refractivity contribution in [1.82, 2.24) is 15.5 Å². The van der Waals surface area contributed by atoms with Gasteiger partial charge in [0.15, 0.2) is 5.96 Å². The van der Waals surface area contributed by atoms with Crippen molar-refractivity contribution in [3.05, 3.63) is 41.5 Å². The van der Waals surface area contributed by atoms with E-state index in [4.69, 9.17) is 0 Å². The van der Waals surface area contributed by atoms with E-state index >= 15 is 0 Å². The number of fused-ring (bicyclic) bond motifs is 5. The van der Waals surface area contributed by atoms with Gasteiger partial charge in [-0.3, -0.25) is 19.5 Å². The molecule has 4 rings (SSSR count). The second-order valence-corrected chi connectivity index (χ2v) is 8.71. The standard InChI is InChI=1S/C23H31N5O2.HI/c1-14-5-6-17(18(11-14)27(3)4)13-26-23(24-2)25-9-10-28-21(29)19-15-7-8-16(12-15)20(19)22(28)30;/h5-8,11,15-16,19-20H,9-10,12-13H2,1-4H3,(H2,24,25,26);1H. The fraction of sp³-hybridized carbons (Fsp3) is 0.522. The van der Waals surface area contributed by atoms with Crippen LogP contribution in [0.1, 0.15) is 17.5 Å². The van der Waals surface area contributed by atoms with Gasteiger partial charge >= 0.3 is 0 Å². The Hall–Kier alpha value is -2.10. The summed E-state index contributed by atoms with van der Waals surface area (Å²) >= 11 is 0. The Morgan fingerprint density at radius 2 is 1.77 bits per heavy atom. The minimum atomic E-state index is -0.129. The molecule has 1 aliphatic heterocycles. The number of rotatable bonds is 6. The first-order chi connectivity index (χ1) is 14.4. The Morgan fingerprint density at radius 1 is 1.13 bits per heavy atom. The Labute approximate surface area is 201 Å². The number of imide groups is 1. The molecule has 7 nitrogen and oxygen atoms in total. The summed E-state index contributed by atoms with van der Waals surface area (Å²) in [4.78, 5) is 33.4. The minimum Gasteiger partial charge on any atom is -0.377 e. The Kier molecular flexibility index (Phi) is 7.28. The molecule has 1 aromatic carbocycles. The summed E-state index contributed by atoms with van der Waals surface area (Å²) in [5.41, 5.74) is 3.56. The molecule has 168 valence electrons.